The van der Waals surface area contributed by atoms with Crippen molar-refractivity contribution in [1.82, 2.24) is 16.0 Å². The van der Waals surface area contributed by atoms with E-state index in [-0.39, 0.29) is 0 Å². The second kappa shape index (κ2) is 21.8. The van der Waals surface area contributed by atoms with Gasteiger partial charge in [-0.1, -0.05) is 45.4 Å². The van der Waals surface area contributed by atoms with Crippen LogP contribution >= 0.6 is 0 Å². The molecular weight excluding hydrogens is 284 g/mol. The summed E-state index contributed by atoms with van der Waals surface area (Å²) in [5.41, 5.74) is 5.45. The molecule has 0 spiro atoms. The summed E-state index contributed by atoms with van der Waals surface area (Å²) in [6, 6.07) is 0. The van der Waals surface area contributed by atoms with Crippen LogP contribution in [-0.4, -0.2) is 45.8 Å². The summed E-state index contributed by atoms with van der Waals surface area (Å²) in [5, 5.41) is 10.5. The molecule has 0 radical (unpaired) electrons. The van der Waals surface area contributed by atoms with E-state index in [2.05, 4.69) is 22.9 Å². The Morgan fingerprint density at radius 2 is 0.870 bits per heavy atom. The van der Waals surface area contributed by atoms with Gasteiger partial charge in [-0.15, -0.1) is 0 Å². The first kappa shape index (κ1) is 22.8. The van der Waals surface area contributed by atoms with Crippen LogP contribution < -0.4 is 21.7 Å². The summed E-state index contributed by atoms with van der Waals surface area (Å²) < 4.78 is 0. The minimum absolute atomic E-state index is 0.793. The summed E-state index contributed by atoms with van der Waals surface area (Å²) >= 11 is 0. The van der Waals surface area contributed by atoms with E-state index in [0.29, 0.717) is 0 Å². The Labute approximate surface area is 145 Å². The quantitative estimate of drug-likeness (QED) is 0.259. The van der Waals surface area contributed by atoms with E-state index in [1.807, 2.05) is 0 Å². The lowest BCUT2D eigenvalue weighted by molar-refractivity contribution is 0.538. The molecule has 0 saturated heterocycles. The third-order valence-corrected chi connectivity index (χ3v) is 4.18. The van der Waals surface area contributed by atoms with Crippen LogP contribution in [-0.2, 0) is 0 Å². The summed E-state index contributed by atoms with van der Waals surface area (Å²) in [6.45, 7) is 9.91. The van der Waals surface area contributed by atoms with E-state index >= 15 is 0 Å². The molecule has 0 aromatic heterocycles. The Hall–Kier alpha value is -0.160. The molecule has 0 amide bonds. The molecule has 4 nitrogen and oxygen atoms in total. The van der Waals surface area contributed by atoms with Gasteiger partial charge in [-0.3, -0.25) is 0 Å². The van der Waals surface area contributed by atoms with E-state index in [1.54, 1.807) is 0 Å². The van der Waals surface area contributed by atoms with Gasteiger partial charge >= 0.3 is 0 Å². The average Bonchev–Trinajstić information content (AvgIpc) is 2.57. The monoisotopic (exact) mass is 328 g/mol. The number of hydrogen-bond acceptors (Lipinski definition) is 4. The van der Waals surface area contributed by atoms with Crippen LogP contribution in [0.3, 0.4) is 0 Å². The first-order chi connectivity index (χ1) is 11.4. The van der Waals surface area contributed by atoms with Crippen LogP contribution in [0.15, 0.2) is 0 Å². The molecule has 0 unspecified atom stereocenters. The number of unbranched alkanes of at least 4 members (excludes halogenated alkanes) is 7. The molecule has 0 aliphatic carbocycles. The van der Waals surface area contributed by atoms with Crippen molar-refractivity contribution in [3.05, 3.63) is 0 Å². The Kier molecular flexibility index (Phi) is 21.7. The molecule has 0 aromatic carbocycles. The number of rotatable bonds is 20. The maximum atomic E-state index is 5.45. The fourth-order valence-corrected chi connectivity index (χ4v) is 2.65. The second-order valence-corrected chi connectivity index (χ2v) is 6.57. The minimum atomic E-state index is 0.793. The van der Waals surface area contributed by atoms with Crippen molar-refractivity contribution in [3.8, 4) is 0 Å². The molecule has 0 aliphatic heterocycles. The largest absolute Gasteiger partial charge is 0.330 e. The zero-order valence-electron chi connectivity index (χ0n) is 15.8. The van der Waals surface area contributed by atoms with Crippen LogP contribution in [0, 0.1) is 0 Å². The Balaban J connectivity index is 2.92. The fourth-order valence-electron chi connectivity index (χ4n) is 2.65. The zero-order valence-corrected chi connectivity index (χ0v) is 15.8. The van der Waals surface area contributed by atoms with Crippen LogP contribution in [0.25, 0.3) is 0 Å². The highest BCUT2D eigenvalue weighted by Crippen LogP contribution is 2.06. The molecule has 0 aliphatic rings. The van der Waals surface area contributed by atoms with Crippen LogP contribution in [0.2, 0.25) is 0 Å². The number of nitrogens with one attached hydrogen (secondary N) is 3. The van der Waals surface area contributed by atoms with Gasteiger partial charge in [0.15, 0.2) is 0 Å². The van der Waals surface area contributed by atoms with E-state index < -0.39 is 0 Å². The molecule has 0 atom stereocenters. The van der Waals surface area contributed by atoms with Crippen molar-refractivity contribution in [3.63, 3.8) is 0 Å². The lowest BCUT2D eigenvalue weighted by Gasteiger charge is -2.07. The molecule has 4 heteroatoms. The molecule has 140 valence electrons. The number of hydrogen-bond donors (Lipinski definition) is 4. The Bertz CT molecular complexity index is 180. The molecule has 0 fully saturated rings. The SMILES string of the molecule is CCCCCCCCCNCCCNCCCCNCCCN. The van der Waals surface area contributed by atoms with Crippen LogP contribution in [0.4, 0.5) is 0 Å². The lowest BCUT2D eigenvalue weighted by atomic mass is 10.1. The van der Waals surface area contributed by atoms with Crippen molar-refractivity contribution >= 4 is 0 Å². The molecule has 0 aromatic rings. The highest BCUT2D eigenvalue weighted by molar-refractivity contribution is 4.55. The topological polar surface area (TPSA) is 62.1 Å². The Morgan fingerprint density at radius 1 is 0.478 bits per heavy atom. The lowest BCUT2D eigenvalue weighted by Crippen LogP contribution is -2.24. The third-order valence-electron chi connectivity index (χ3n) is 4.18. The van der Waals surface area contributed by atoms with Gasteiger partial charge in [0, 0.05) is 0 Å². The van der Waals surface area contributed by atoms with Crippen molar-refractivity contribution in [2.75, 3.05) is 45.8 Å². The smallest absolute Gasteiger partial charge is 0.00368 e. The Morgan fingerprint density at radius 3 is 1.39 bits per heavy atom. The maximum Gasteiger partial charge on any atom is -0.00368 e. The highest BCUT2D eigenvalue weighted by Gasteiger charge is 1.93. The van der Waals surface area contributed by atoms with E-state index in [0.717, 1.165) is 45.7 Å². The number of nitrogens with two attached hydrogens (primary N) is 1. The first-order valence-corrected chi connectivity index (χ1v) is 10.2. The molecule has 23 heavy (non-hydrogen) atoms. The molecular formula is C19H44N4. The highest BCUT2D eigenvalue weighted by atomic mass is 14.9. The molecule has 5 N–H and O–H groups in total. The summed E-state index contributed by atoms with van der Waals surface area (Å²) in [5.74, 6) is 0. The van der Waals surface area contributed by atoms with Gasteiger partial charge in [-0.25, -0.2) is 0 Å². The van der Waals surface area contributed by atoms with Crippen LogP contribution in [0.1, 0.15) is 77.6 Å². The maximum absolute atomic E-state index is 5.45. The van der Waals surface area contributed by atoms with Crippen molar-refractivity contribution in [2.24, 2.45) is 5.73 Å². The molecule has 0 rings (SSSR count). The average molecular weight is 329 g/mol. The van der Waals surface area contributed by atoms with Gasteiger partial charge in [0.25, 0.3) is 0 Å². The normalized spacial score (nSPS) is 11.2. The molecule has 0 saturated carbocycles. The predicted molar refractivity (Wildman–Crippen MR) is 104 cm³/mol. The predicted octanol–water partition coefficient (Wildman–Crippen LogP) is 3.02. The van der Waals surface area contributed by atoms with Crippen LogP contribution in [0.5, 0.6) is 0 Å². The summed E-state index contributed by atoms with van der Waals surface area (Å²) in [4.78, 5) is 0. The van der Waals surface area contributed by atoms with Crippen molar-refractivity contribution in [1.29, 1.82) is 0 Å². The van der Waals surface area contributed by atoms with E-state index in [4.69, 9.17) is 5.73 Å². The van der Waals surface area contributed by atoms with Crippen molar-refractivity contribution < 1.29 is 0 Å². The van der Waals surface area contributed by atoms with Gasteiger partial charge in [0.1, 0.15) is 0 Å². The minimum Gasteiger partial charge on any atom is -0.330 e. The van der Waals surface area contributed by atoms with Gasteiger partial charge < -0.3 is 21.7 Å². The van der Waals surface area contributed by atoms with Crippen molar-refractivity contribution in [2.45, 2.75) is 77.6 Å². The van der Waals surface area contributed by atoms with Gasteiger partial charge in [0.05, 0.1) is 0 Å². The van der Waals surface area contributed by atoms with E-state index in [9.17, 15) is 0 Å². The van der Waals surface area contributed by atoms with E-state index in [1.165, 1.54) is 70.8 Å². The second-order valence-electron chi connectivity index (χ2n) is 6.57. The van der Waals surface area contributed by atoms with Gasteiger partial charge in [-0.2, -0.15) is 0 Å². The fraction of sp³-hybridized carbons (Fsp3) is 1.00. The third kappa shape index (κ3) is 21.8. The zero-order chi connectivity index (χ0) is 16.8. The molecule has 0 bridgehead atoms. The molecule has 0 heterocycles. The summed E-state index contributed by atoms with van der Waals surface area (Å²) in [6.07, 6.45) is 14.6. The standard InChI is InChI=1S/C19H44N4/c1-2-3-4-5-6-7-8-14-22-18-12-19-23-16-10-9-15-21-17-11-13-20/h21-23H,2-20H2,1H3. The van der Waals surface area contributed by atoms with Gasteiger partial charge in [0.2, 0.25) is 0 Å². The summed E-state index contributed by atoms with van der Waals surface area (Å²) in [7, 11) is 0. The first-order valence-electron chi connectivity index (χ1n) is 10.2. The van der Waals surface area contributed by atoms with Gasteiger partial charge in [-0.05, 0) is 77.9 Å².